The van der Waals surface area contributed by atoms with Crippen molar-refractivity contribution in [3.05, 3.63) is 12.3 Å². The number of piperazine rings is 1. The molecule has 1 aliphatic rings. The van der Waals surface area contributed by atoms with Crippen LogP contribution in [0.25, 0.3) is 0 Å². The summed E-state index contributed by atoms with van der Waals surface area (Å²) < 4.78 is 5.03. The number of hydrogen-bond donors (Lipinski definition) is 1. The molecule has 0 saturated carbocycles. The normalized spacial score (nSPS) is 15.1. The van der Waals surface area contributed by atoms with Crippen LogP contribution in [-0.2, 0) is 4.74 Å². The Bertz CT molecular complexity index is 487. The number of nitrogens with one attached hydrogen (secondary N) is 1. The zero-order valence-corrected chi connectivity index (χ0v) is 13.6. The van der Waals surface area contributed by atoms with Gasteiger partial charge >= 0.3 is 6.09 Å². The molecule has 2 heterocycles. The number of carbonyl (C=O) groups excluding carboxylic acids is 1. The van der Waals surface area contributed by atoms with Gasteiger partial charge in [-0.1, -0.05) is 13.8 Å². The first kappa shape index (κ1) is 16.3. The fraction of sp³-hybridized carbons (Fsp3) is 0.667. The monoisotopic (exact) mass is 307 g/mol. The van der Waals surface area contributed by atoms with Crippen molar-refractivity contribution in [2.24, 2.45) is 5.92 Å². The molecule has 0 spiro atoms. The average Bonchev–Trinajstić information content (AvgIpc) is 2.53. The molecule has 2 rings (SSSR count). The summed E-state index contributed by atoms with van der Waals surface area (Å²) in [6.07, 6.45) is 1.53. The van der Waals surface area contributed by atoms with E-state index in [0.717, 1.165) is 25.5 Å². The standard InChI is InChI=1S/C15H25N5O2/c1-4-22-15(21)20-9-7-19(8-10-20)13-5-6-16-14(18-13)17-11-12(2)3/h5-6,12H,4,7-11H2,1-3H3,(H,16,17,18). The zero-order valence-electron chi connectivity index (χ0n) is 13.6. The lowest BCUT2D eigenvalue weighted by atomic mass is 10.2. The van der Waals surface area contributed by atoms with Gasteiger partial charge in [0.2, 0.25) is 5.95 Å². The van der Waals surface area contributed by atoms with Crippen LogP contribution in [0, 0.1) is 5.92 Å². The van der Waals surface area contributed by atoms with Gasteiger partial charge in [0.1, 0.15) is 5.82 Å². The first-order valence-corrected chi connectivity index (χ1v) is 7.83. The quantitative estimate of drug-likeness (QED) is 0.895. The van der Waals surface area contributed by atoms with E-state index in [4.69, 9.17) is 4.74 Å². The van der Waals surface area contributed by atoms with Crippen LogP contribution in [0.3, 0.4) is 0 Å². The highest BCUT2D eigenvalue weighted by atomic mass is 16.6. The lowest BCUT2D eigenvalue weighted by Gasteiger charge is -2.34. The molecule has 7 heteroatoms. The molecule has 1 aliphatic heterocycles. The smallest absolute Gasteiger partial charge is 0.409 e. The zero-order chi connectivity index (χ0) is 15.9. The van der Waals surface area contributed by atoms with E-state index in [-0.39, 0.29) is 6.09 Å². The maximum absolute atomic E-state index is 11.7. The van der Waals surface area contributed by atoms with Crippen molar-refractivity contribution in [1.29, 1.82) is 0 Å². The number of hydrogen-bond acceptors (Lipinski definition) is 6. The molecule has 0 atom stereocenters. The molecule has 0 bridgehead atoms. The second kappa shape index (κ2) is 7.82. The summed E-state index contributed by atoms with van der Waals surface area (Å²) in [6.45, 7) is 10.2. The molecular weight excluding hydrogens is 282 g/mol. The highest BCUT2D eigenvalue weighted by Gasteiger charge is 2.22. The minimum Gasteiger partial charge on any atom is -0.450 e. The maximum atomic E-state index is 11.7. The third-order valence-electron chi connectivity index (χ3n) is 3.44. The molecule has 7 nitrogen and oxygen atoms in total. The molecule has 1 N–H and O–H groups in total. The van der Waals surface area contributed by atoms with Crippen molar-refractivity contribution in [2.45, 2.75) is 20.8 Å². The molecule has 122 valence electrons. The molecule has 0 aliphatic carbocycles. The highest BCUT2D eigenvalue weighted by Crippen LogP contribution is 2.15. The van der Waals surface area contributed by atoms with Gasteiger partial charge in [-0.2, -0.15) is 4.98 Å². The summed E-state index contributed by atoms with van der Waals surface area (Å²) in [4.78, 5) is 24.4. The Morgan fingerprint density at radius 1 is 1.36 bits per heavy atom. The van der Waals surface area contributed by atoms with Crippen LogP contribution in [0.5, 0.6) is 0 Å². The number of amides is 1. The van der Waals surface area contributed by atoms with Gasteiger partial charge in [-0.25, -0.2) is 9.78 Å². The summed E-state index contributed by atoms with van der Waals surface area (Å²) in [7, 11) is 0. The molecule has 1 aromatic heterocycles. The van der Waals surface area contributed by atoms with Gasteiger partial charge in [0.15, 0.2) is 0 Å². The third-order valence-corrected chi connectivity index (χ3v) is 3.44. The van der Waals surface area contributed by atoms with Crippen LogP contribution in [-0.4, -0.2) is 60.3 Å². The van der Waals surface area contributed by atoms with Crippen LogP contribution < -0.4 is 10.2 Å². The van der Waals surface area contributed by atoms with Crippen molar-refractivity contribution in [3.63, 3.8) is 0 Å². The topological polar surface area (TPSA) is 70.6 Å². The van der Waals surface area contributed by atoms with Crippen molar-refractivity contribution in [3.8, 4) is 0 Å². The molecule has 1 saturated heterocycles. The van der Waals surface area contributed by atoms with Gasteiger partial charge in [0.05, 0.1) is 6.61 Å². The fourth-order valence-electron chi connectivity index (χ4n) is 2.24. The summed E-state index contributed by atoms with van der Waals surface area (Å²) in [5.41, 5.74) is 0. The molecular formula is C15H25N5O2. The van der Waals surface area contributed by atoms with Crippen LogP contribution >= 0.6 is 0 Å². The number of carbonyl (C=O) groups is 1. The van der Waals surface area contributed by atoms with Crippen LogP contribution in [0.4, 0.5) is 16.6 Å². The molecule has 1 fully saturated rings. The van der Waals surface area contributed by atoms with E-state index in [1.54, 1.807) is 11.1 Å². The van der Waals surface area contributed by atoms with Gasteiger partial charge in [-0.15, -0.1) is 0 Å². The minimum absolute atomic E-state index is 0.232. The van der Waals surface area contributed by atoms with Gasteiger partial charge in [0, 0.05) is 38.9 Å². The van der Waals surface area contributed by atoms with Gasteiger partial charge in [-0.3, -0.25) is 0 Å². The van der Waals surface area contributed by atoms with Gasteiger partial charge in [0.25, 0.3) is 0 Å². The fourth-order valence-corrected chi connectivity index (χ4v) is 2.24. The maximum Gasteiger partial charge on any atom is 0.409 e. The van der Waals surface area contributed by atoms with E-state index in [1.165, 1.54) is 0 Å². The number of anilines is 2. The molecule has 22 heavy (non-hydrogen) atoms. The minimum atomic E-state index is -0.232. The largest absolute Gasteiger partial charge is 0.450 e. The second-order valence-electron chi connectivity index (χ2n) is 5.69. The molecule has 1 amide bonds. The Labute approximate surface area is 131 Å². The van der Waals surface area contributed by atoms with E-state index in [0.29, 0.717) is 31.6 Å². The number of aromatic nitrogens is 2. The van der Waals surface area contributed by atoms with E-state index < -0.39 is 0 Å². The first-order chi connectivity index (χ1) is 10.6. The van der Waals surface area contributed by atoms with E-state index in [1.807, 2.05) is 13.0 Å². The van der Waals surface area contributed by atoms with Gasteiger partial charge in [-0.05, 0) is 18.9 Å². The van der Waals surface area contributed by atoms with Crippen LogP contribution in [0.15, 0.2) is 12.3 Å². The molecule has 0 aromatic carbocycles. The summed E-state index contributed by atoms with van der Waals surface area (Å²) in [5.74, 6) is 2.09. The van der Waals surface area contributed by atoms with Crippen molar-refractivity contribution >= 4 is 17.9 Å². The van der Waals surface area contributed by atoms with Crippen molar-refractivity contribution in [1.82, 2.24) is 14.9 Å². The molecule has 0 radical (unpaired) electrons. The number of rotatable bonds is 5. The Morgan fingerprint density at radius 3 is 2.73 bits per heavy atom. The predicted molar refractivity (Wildman–Crippen MR) is 86.2 cm³/mol. The summed E-state index contributed by atoms with van der Waals surface area (Å²) >= 11 is 0. The highest BCUT2D eigenvalue weighted by molar-refractivity contribution is 5.68. The van der Waals surface area contributed by atoms with Crippen molar-refractivity contribution < 1.29 is 9.53 Å². The first-order valence-electron chi connectivity index (χ1n) is 7.83. The summed E-state index contributed by atoms with van der Waals surface area (Å²) in [6, 6.07) is 1.90. The van der Waals surface area contributed by atoms with E-state index in [2.05, 4.69) is 34.0 Å². The lowest BCUT2D eigenvalue weighted by Crippen LogP contribution is -2.49. The molecule has 1 aromatic rings. The Balaban J connectivity index is 1.91. The van der Waals surface area contributed by atoms with Crippen molar-refractivity contribution in [2.75, 3.05) is 49.5 Å². The van der Waals surface area contributed by atoms with E-state index in [9.17, 15) is 4.79 Å². The predicted octanol–water partition coefficient (Wildman–Crippen LogP) is 1.82. The van der Waals surface area contributed by atoms with Gasteiger partial charge < -0.3 is 19.9 Å². The Kier molecular flexibility index (Phi) is 5.80. The molecule has 0 unspecified atom stereocenters. The lowest BCUT2D eigenvalue weighted by molar-refractivity contribution is 0.105. The average molecular weight is 307 g/mol. The van der Waals surface area contributed by atoms with Crippen LogP contribution in [0.1, 0.15) is 20.8 Å². The number of nitrogens with zero attached hydrogens (tertiary/aromatic N) is 4. The third kappa shape index (κ3) is 4.47. The summed E-state index contributed by atoms with van der Waals surface area (Å²) in [5, 5.41) is 3.23. The van der Waals surface area contributed by atoms with E-state index >= 15 is 0 Å². The SMILES string of the molecule is CCOC(=O)N1CCN(c2ccnc(NCC(C)C)n2)CC1. The Hall–Kier alpha value is -2.05. The number of ether oxygens (including phenoxy) is 1. The Morgan fingerprint density at radius 2 is 2.09 bits per heavy atom. The second-order valence-corrected chi connectivity index (χ2v) is 5.69. The van der Waals surface area contributed by atoms with Crippen LogP contribution in [0.2, 0.25) is 0 Å².